The third kappa shape index (κ3) is 2.95. The Morgan fingerprint density at radius 1 is 1.31 bits per heavy atom. The predicted molar refractivity (Wildman–Crippen MR) is 61.9 cm³/mol. The van der Waals surface area contributed by atoms with E-state index in [2.05, 4.69) is 5.32 Å². The summed E-state index contributed by atoms with van der Waals surface area (Å²) in [6.45, 7) is 3.05. The molecule has 1 aliphatic heterocycles. The highest BCUT2D eigenvalue weighted by Crippen LogP contribution is 2.17. The lowest BCUT2D eigenvalue weighted by molar-refractivity contribution is -0.140. The number of carbonyl (C=O) groups is 2. The Morgan fingerprint density at radius 2 is 1.94 bits per heavy atom. The first-order valence-corrected chi connectivity index (χ1v) is 5.62. The van der Waals surface area contributed by atoms with Crippen LogP contribution in [0.5, 0.6) is 0 Å². The van der Waals surface area contributed by atoms with Crippen molar-refractivity contribution in [2.75, 3.05) is 34.2 Å². The minimum atomic E-state index is -0.0468. The summed E-state index contributed by atoms with van der Waals surface area (Å²) in [6.07, 6.45) is 0.862. The van der Waals surface area contributed by atoms with Crippen molar-refractivity contribution in [3.8, 4) is 0 Å². The Kier molecular flexibility index (Phi) is 4.29. The van der Waals surface area contributed by atoms with E-state index < -0.39 is 0 Å². The molecule has 5 nitrogen and oxygen atoms in total. The second kappa shape index (κ2) is 5.30. The lowest BCUT2D eigenvalue weighted by atomic mass is 10.0. The topological polar surface area (TPSA) is 52.7 Å². The van der Waals surface area contributed by atoms with Crippen LogP contribution in [0.15, 0.2) is 0 Å². The first kappa shape index (κ1) is 13.0. The standard InChI is InChI=1S/C11H21N3O2/c1-8-9(5-6-12-8)11(16)14(4)7-10(15)13(2)3/h8-9,12H,5-7H2,1-4H3. The van der Waals surface area contributed by atoms with Crippen LogP contribution < -0.4 is 5.32 Å². The summed E-state index contributed by atoms with van der Waals surface area (Å²) in [6, 6.07) is 0.212. The monoisotopic (exact) mass is 227 g/mol. The van der Waals surface area contributed by atoms with E-state index in [1.165, 1.54) is 9.80 Å². The largest absolute Gasteiger partial charge is 0.347 e. The average Bonchev–Trinajstić information content (AvgIpc) is 2.62. The molecule has 2 atom stereocenters. The van der Waals surface area contributed by atoms with Crippen molar-refractivity contribution in [1.82, 2.24) is 15.1 Å². The summed E-state index contributed by atoms with van der Waals surface area (Å²) in [7, 11) is 5.08. The van der Waals surface area contributed by atoms with Crippen LogP contribution in [0.2, 0.25) is 0 Å². The van der Waals surface area contributed by atoms with Gasteiger partial charge in [0.2, 0.25) is 11.8 Å². The van der Waals surface area contributed by atoms with Gasteiger partial charge in [0.25, 0.3) is 0 Å². The molecule has 1 N–H and O–H groups in total. The third-order valence-corrected chi connectivity index (χ3v) is 3.09. The molecule has 0 aromatic rings. The van der Waals surface area contributed by atoms with E-state index in [0.717, 1.165) is 13.0 Å². The summed E-state index contributed by atoms with van der Waals surface area (Å²) in [4.78, 5) is 26.5. The van der Waals surface area contributed by atoms with Crippen LogP contribution in [-0.2, 0) is 9.59 Å². The number of nitrogens with one attached hydrogen (secondary N) is 1. The molecule has 1 heterocycles. The second-order valence-corrected chi connectivity index (χ2v) is 4.62. The zero-order valence-corrected chi connectivity index (χ0v) is 10.5. The zero-order chi connectivity index (χ0) is 12.3. The molecule has 0 spiro atoms. The van der Waals surface area contributed by atoms with Crippen molar-refractivity contribution in [3.63, 3.8) is 0 Å². The molecular formula is C11H21N3O2. The summed E-state index contributed by atoms with van der Waals surface area (Å²) < 4.78 is 0. The molecule has 0 aromatic carbocycles. The smallest absolute Gasteiger partial charge is 0.241 e. The quantitative estimate of drug-likeness (QED) is 0.709. The number of rotatable bonds is 3. The number of likely N-dealkylation sites (N-methyl/N-ethyl adjacent to an activating group) is 2. The second-order valence-electron chi connectivity index (χ2n) is 4.62. The summed E-state index contributed by atoms with van der Waals surface area (Å²) in [5, 5.41) is 3.24. The maximum absolute atomic E-state index is 12.0. The SMILES string of the molecule is CC1NCCC1C(=O)N(C)CC(=O)N(C)C. The van der Waals surface area contributed by atoms with Crippen LogP contribution in [0.1, 0.15) is 13.3 Å². The van der Waals surface area contributed by atoms with E-state index in [1.54, 1.807) is 21.1 Å². The summed E-state index contributed by atoms with van der Waals surface area (Å²) >= 11 is 0. The normalized spacial score (nSPS) is 24.2. The molecule has 1 saturated heterocycles. The van der Waals surface area contributed by atoms with Crippen LogP contribution in [0.25, 0.3) is 0 Å². The molecule has 2 amide bonds. The third-order valence-electron chi connectivity index (χ3n) is 3.09. The molecule has 0 aromatic heterocycles. The molecule has 16 heavy (non-hydrogen) atoms. The average molecular weight is 227 g/mol. The Bertz CT molecular complexity index is 278. The highest BCUT2D eigenvalue weighted by molar-refractivity contribution is 5.86. The van der Waals surface area contributed by atoms with Gasteiger partial charge in [-0.2, -0.15) is 0 Å². The van der Waals surface area contributed by atoms with Gasteiger partial charge in [-0.3, -0.25) is 9.59 Å². The van der Waals surface area contributed by atoms with Gasteiger partial charge in [-0.05, 0) is 19.9 Å². The Morgan fingerprint density at radius 3 is 2.38 bits per heavy atom. The molecule has 92 valence electrons. The minimum absolute atomic E-state index is 0.0139. The van der Waals surface area contributed by atoms with Crippen molar-refractivity contribution in [1.29, 1.82) is 0 Å². The maximum atomic E-state index is 12.0. The van der Waals surface area contributed by atoms with Crippen molar-refractivity contribution in [2.24, 2.45) is 5.92 Å². The van der Waals surface area contributed by atoms with Crippen LogP contribution in [0, 0.1) is 5.92 Å². The Balaban J connectivity index is 2.50. The van der Waals surface area contributed by atoms with E-state index in [1.807, 2.05) is 6.92 Å². The van der Waals surface area contributed by atoms with Crippen molar-refractivity contribution >= 4 is 11.8 Å². The van der Waals surface area contributed by atoms with E-state index in [0.29, 0.717) is 0 Å². The molecule has 1 rings (SSSR count). The summed E-state index contributed by atoms with van der Waals surface area (Å²) in [5.74, 6) is 0.0297. The van der Waals surface area contributed by atoms with Gasteiger partial charge in [-0.1, -0.05) is 0 Å². The van der Waals surface area contributed by atoms with E-state index >= 15 is 0 Å². The van der Waals surface area contributed by atoms with Crippen LogP contribution in [0.4, 0.5) is 0 Å². The van der Waals surface area contributed by atoms with Crippen LogP contribution in [-0.4, -0.2) is 61.9 Å². The number of hydrogen-bond acceptors (Lipinski definition) is 3. The zero-order valence-electron chi connectivity index (χ0n) is 10.5. The minimum Gasteiger partial charge on any atom is -0.347 e. The van der Waals surface area contributed by atoms with Gasteiger partial charge in [0.15, 0.2) is 0 Å². The Hall–Kier alpha value is -1.10. The molecular weight excluding hydrogens is 206 g/mol. The van der Waals surface area contributed by atoms with Gasteiger partial charge < -0.3 is 15.1 Å². The fourth-order valence-corrected chi connectivity index (χ4v) is 1.90. The molecule has 2 unspecified atom stereocenters. The molecule has 0 saturated carbocycles. The highest BCUT2D eigenvalue weighted by Gasteiger charge is 2.31. The number of amides is 2. The van der Waals surface area contributed by atoms with E-state index in [4.69, 9.17) is 0 Å². The van der Waals surface area contributed by atoms with Gasteiger partial charge in [-0.15, -0.1) is 0 Å². The highest BCUT2D eigenvalue weighted by atomic mass is 16.2. The van der Waals surface area contributed by atoms with Gasteiger partial charge in [0, 0.05) is 27.2 Å². The number of carbonyl (C=O) groups excluding carboxylic acids is 2. The number of hydrogen-bond donors (Lipinski definition) is 1. The predicted octanol–water partition coefficient (Wildman–Crippen LogP) is -0.469. The Labute approximate surface area is 96.8 Å². The first-order chi connectivity index (χ1) is 7.43. The lowest BCUT2D eigenvalue weighted by Crippen LogP contribution is -2.42. The number of nitrogens with zero attached hydrogens (tertiary/aromatic N) is 2. The van der Waals surface area contributed by atoms with Gasteiger partial charge in [0.05, 0.1) is 12.5 Å². The summed E-state index contributed by atoms with van der Waals surface area (Å²) in [5.41, 5.74) is 0. The van der Waals surface area contributed by atoms with Crippen LogP contribution in [0.3, 0.4) is 0 Å². The fourth-order valence-electron chi connectivity index (χ4n) is 1.90. The van der Waals surface area contributed by atoms with Gasteiger partial charge >= 0.3 is 0 Å². The molecule has 5 heteroatoms. The lowest BCUT2D eigenvalue weighted by Gasteiger charge is -2.23. The van der Waals surface area contributed by atoms with Gasteiger partial charge in [0.1, 0.15) is 0 Å². The van der Waals surface area contributed by atoms with E-state index in [-0.39, 0.29) is 30.3 Å². The van der Waals surface area contributed by atoms with Crippen molar-refractivity contribution in [3.05, 3.63) is 0 Å². The van der Waals surface area contributed by atoms with Gasteiger partial charge in [-0.25, -0.2) is 0 Å². The van der Waals surface area contributed by atoms with Crippen LogP contribution >= 0.6 is 0 Å². The molecule has 1 aliphatic rings. The van der Waals surface area contributed by atoms with Crippen molar-refractivity contribution in [2.45, 2.75) is 19.4 Å². The first-order valence-electron chi connectivity index (χ1n) is 5.62. The molecule has 1 fully saturated rings. The molecule has 0 aliphatic carbocycles. The molecule has 0 bridgehead atoms. The fraction of sp³-hybridized carbons (Fsp3) is 0.818. The molecule has 0 radical (unpaired) electrons. The maximum Gasteiger partial charge on any atom is 0.241 e. The van der Waals surface area contributed by atoms with E-state index in [9.17, 15) is 9.59 Å². The van der Waals surface area contributed by atoms with Crippen molar-refractivity contribution < 1.29 is 9.59 Å².